The van der Waals surface area contributed by atoms with E-state index in [-0.39, 0.29) is 12.0 Å². The van der Waals surface area contributed by atoms with Gasteiger partial charge >= 0.3 is 0 Å². The van der Waals surface area contributed by atoms with Crippen LogP contribution in [0.4, 0.5) is 0 Å². The molecule has 1 aliphatic rings. The zero-order valence-corrected chi connectivity index (χ0v) is 11.1. The van der Waals surface area contributed by atoms with Gasteiger partial charge in [0.05, 0.1) is 11.5 Å². The molecular weight excluding hydrogens is 250 g/mol. The number of pyridine rings is 1. The Kier molecular flexibility index (Phi) is 4.31. The van der Waals surface area contributed by atoms with Crippen molar-refractivity contribution in [1.82, 2.24) is 10.4 Å². The number of aromatic nitrogens is 1. The summed E-state index contributed by atoms with van der Waals surface area (Å²) >= 11 is 0. The maximum atomic E-state index is 11.4. The van der Waals surface area contributed by atoms with E-state index in [0.29, 0.717) is 11.5 Å². The van der Waals surface area contributed by atoms with Crippen molar-refractivity contribution in [2.45, 2.75) is 25.3 Å². The van der Waals surface area contributed by atoms with Gasteiger partial charge in [-0.15, -0.1) is 0 Å². The first-order valence-corrected chi connectivity index (χ1v) is 7.96. The van der Waals surface area contributed by atoms with Gasteiger partial charge in [-0.25, -0.2) is 8.42 Å². The van der Waals surface area contributed by atoms with Crippen LogP contribution in [0.5, 0.6) is 0 Å². The van der Waals surface area contributed by atoms with Gasteiger partial charge in [0.2, 0.25) is 0 Å². The van der Waals surface area contributed by atoms with Crippen molar-refractivity contribution in [3.63, 3.8) is 0 Å². The van der Waals surface area contributed by atoms with E-state index in [4.69, 9.17) is 5.84 Å². The van der Waals surface area contributed by atoms with Crippen molar-refractivity contribution >= 4 is 9.84 Å². The SMILES string of the molecule is NNC(Cc1ccncc1)CC1CCS(=O)(=O)C1. The maximum absolute atomic E-state index is 11.4. The lowest BCUT2D eigenvalue weighted by Crippen LogP contribution is -2.38. The van der Waals surface area contributed by atoms with E-state index in [1.165, 1.54) is 0 Å². The molecule has 100 valence electrons. The minimum Gasteiger partial charge on any atom is -0.271 e. The standard InChI is InChI=1S/C12H19N3O2S/c13-15-12(7-10-1-4-14-5-2-10)8-11-3-6-18(16,17)9-11/h1-2,4-5,11-12,15H,3,6-9,13H2. The van der Waals surface area contributed by atoms with Crippen molar-refractivity contribution in [3.05, 3.63) is 30.1 Å². The molecule has 0 spiro atoms. The Balaban J connectivity index is 1.90. The van der Waals surface area contributed by atoms with Crippen molar-refractivity contribution < 1.29 is 8.42 Å². The lowest BCUT2D eigenvalue weighted by Gasteiger charge is -2.19. The van der Waals surface area contributed by atoms with Crippen LogP contribution in [0.1, 0.15) is 18.4 Å². The molecule has 1 aliphatic heterocycles. The van der Waals surface area contributed by atoms with Crippen LogP contribution in [0.3, 0.4) is 0 Å². The van der Waals surface area contributed by atoms with Crippen LogP contribution in [-0.2, 0) is 16.3 Å². The Morgan fingerprint density at radius 1 is 1.44 bits per heavy atom. The minimum atomic E-state index is -2.80. The molecule has 2 rings (SSSR count). The summed E-state index contributed by atoms with van der Waals surface area (Å²) in [6.07, 6.45) is 5.87. The van der Waals surface area contributed by atoms with Gasteiger partial charge in [0, 0.05) is 18.4 Å². The monoisotopic (exact) mass is 269 g/mol. The Morgan fingerprint density at radius 3 is 2.72 bits per heavy atom. The summed E-state index contributed by atoms with van der Waals surface area (Å²) in [5.74, 6) is 6.42. The quantitative estimate of drug-likeness (QED) is 0.592. The molecule has 2 heterocycles. The summed E-state index contributed by atoms with van der Waals surface area (Å²) in [6.45, 7) is 0. The highest BCUT2D eigenvalue weighted by Crippen LogP contribution is 2.23. The van der Waals surface area contributed by atoms with E-state index >= 15 is 0 Å². The number of hydrogen-bond donors (Lipinski definition) is 2. The Labute approximate surface area is 108 Å². The van der Waals surface area contributed by atoms with Gasteiger partial charge in [-0.1, -0.05) is 0 Å². The van der Waals surface area contributed by atoms with E-state index in [1.807, 2.05) is 12.1 Å². The van der Waals surface area contributed by atoms with Gasteiger partial charge in [-0.05, 0) is 42.9 Å². The fourth-order valence-corrected chi connectivity index (χ4v) is 4.35. The molecule has 1 saturated heterocycles. The third-order valence-electron chi connectivity index (χ3n) is 3.41. The maximum Gasteiger partial charge on any atom is 0.150 e. The van der Waals surface area contributed by atoms with Crippen molar-refractivity contribution in [1.29, 1.82) is 0 Å². The zero-order valence-electron chi connectivity index (χ0n) is 10.2. The molecule has 18 heavy (non-hydrogen) atoms. The molecule has 0 amide bonds. The number of nitrogens with two attached hydrogens (primary N) is 1. The first-order valence-electron chi connectivity index (χ1n) is 6.14. The Hall–Kier alpha value is -0.980. The van der Waals surface area contributed by atoms with Gasteiger partial charge in [0.15, 0.2) is 9.84 Å². The smallest absolute Gasteiger partial charge is 0.150 e. The van der Waals surface area contributed by atoms with Crippen molar-refractivity contribution in [3.8, 4) is 0 Å². The number of rotatable bonds is 5. The number of hydrogen-bond acceptors (Lipinski definition) is 5. The molecule has 3 N–H and O–H groups in total. The summed E-state index contributed by atoms with van der Waals surface area (Å²) in [4.78, 5) is 3.97. The number of hydrazine groups is 1. The van der Waals surface area contributed by atoms with Crippen LogP contribution in [0.25, 0.3) is 0 Å². The summed E-state index contributed by atoms with van der Waals surface area (Å²) in [7, 11) is -2.80. The molecule has 2 unspecified atom stereocenters. The number of sulfone groups is 1. The van der Waals surface area contributed by atoms with Gasteiger partial charge in [-0.2, -0.15) is 0 Å². The van der Waals surface area contributed by atoms with Crippen LogP contribution < -0.4 is 11.3 Å². The van der Waals surface area contributed by atoms with Crippen molar-refractivity contribution in [2.24, 2.45) is 11.8 Å². The first kappa shape index (κ1) is 13.5. The molecule has 0 radical (unpaired) electrons. The fraction of sp³-hybridized carbons (Fsp3) is 0.583. The highest BCUT2D eigenvalue weighted by atomic mass is 32.2. The average molecular weight is 269 g/mol. The normalized spacial score (nSPS) is 23.9. The first-order chi connectivity index (χ1) is 8.59. The topological polar surface area (TPSA) is 85.1 Å². The molecule has 2 atom stereocenters. The molecule has 1 aromatic rings. The molecule has 6 heteroatoms. The van der Waals surface area contributed by atoms with Crippen LogP contribution in [0.2, 0.25) is 0 Å². The summed E-state index contributed by atoms with van der Waals surface area (Å²) < 4.78 is 22.8. The molecule has 1 aromatic heterocycles. The van der Waals surface area contributed by atoms with E-state index in [1.54, 1.807) is 12.4 Å². The van der Waals surface area contributed by atoms with E-state index in [2.05, 4.69) is 10.4 Å². The van der Waals surface area contributed by atoms with Gasteiger partial charge < -0.3 is 0 Å². The third kappa shape index (κ3) is 3.76. The van der Waals surface area contributed by atoms with Gasteiger partial charge in [-0.3, -0.25) is 16.3 Å². The second kappa shape index (κ2) is 5.77. The van der Waals surface area contributed by atoms with Gasteiger partial charge in [0.25, 0.3) is 0 Å². The van der Waals surface area contributed by atoms with Crippen molar-refractivity contribution in [2.75, 3.05) is 11.5 Å². The highest BCUT2D eigenvalue weighted by Gasteiger charge is 2.29. The lowest BCUT2D eigenvalue weighted by atomic mass is 9.95. The molecule has 1 fully saturated rings. The second-order valence-corrected chi connectivity index (χ2v) is 7.16. The molecule has 0 bridgehead atoms. The highest BCUT2D eigenvalue weighted by molar-refractivity contribution is 7.91. The Bertz CT molecular complexity index is 475. The predicted molar refractivity (Wildman–Crippen MR) is 70.4 cm³/mol. The molecular formula is C12H19N3O2S. The number of nitrogens with zero attached hydrogens (tertiary/aromatic N) is 1. The lowest BCUT2D eigenvalue weighted by molar-refractivity contribution is 0.408. The zero-order chi connectivity index (χ0) is 13.0. The molecule has 0 aliphatic carbocycles. The summed E-state index contributed by atoms with van der Waals surface area (Å²) in [5.41, 5.74) is 3.95. The second-order valence-electron chi connectivity index (χ2n) is 4.93. The summed E-state index contributed by atoms with van der Waals surface area (Å²) in [6, 6.07) is 4.02. The van der Waals surface area contributed by atoms with Crippen LogP contribution in [0, 0.1) is 5.92 Å². The predicted octanol–water partition coefficient (Wildman–Crippen LogP) is 0.281. The molecule has 5 nitrogen and oxygen atoms in total. The van der Waals surface area contributed by atoms with E-state index in [0.717, 1.165) is 24.8 Å². The fourth-order valence-electron chi connectivity index (χ4n) is 2.47. The van der Waals surface area contributed by atoms with Gasteiger partial charge in [0.1, 0.15) is 0 Å². The van der Waals surface area contributed by atoms with E-state index < -0.39 is 9.84 Å². The minimum absolute atomic E-state index is 0.116. The van der Waals surface area contributed by atoms with Crippen LogP contribution >= 0.6 is 0 Å². The Morgan fingerprint density at radius 2 is 2.17 bits per heavy atom. The average Bonchev–Trinajstić information content (AvgIpc) is 2.69. The largest absolute Gasteiger partial charge is 0.271 e. The summed E-state index contributed by atoms with van der Waals surface area (Å²) in [5, 5.41) is 0. The molecule has 0 saturated carbocycles. The van der Waals surface area contributed by atoms with Crippen LogP contribution in [0.15, 0.2) is 24.5 Å². The van der Waals surface area contributed by atoms with E-state index in [9.17, 15) is 8.42 Å². The molecule has 0 aromatic carbocycles. The third-order valence-corrected chi connectivity index (χ3v) is 5.25. The number of nitrogens with one attached hydrogen (secondary N) is 1. The van der Waals surface area contributed by atoms with Crippen LogP contribution in [-0.4, -0.2) is 30.9 Å².